The molecule has 0 unspecified atom stereocenters. The first kappa shape index (κ1) is 19.6. The van der Waals surface area contributed by atoms with Gasteiger partial charge in [-0.25, -0.2) is 0 Å². The monoisotopic (exact) mass is 349 g/mol. The molecule has 0 atom stereocenters. The molecule has 0 radical (unpaired) electrons. The molecule has 1 saturated heterocycles. The molecule has 5 heteroatoms. The molecule has 0 bridgehead atoms. The maximum atomic E-state index is 11.7. The van der Waals surface area contributed by atoms with Crippen LogP contribution in [0.3, 0.4) is 0 Å². The predicted octanol–water partition coefficient (Wildman–Crippen LogP) is 3.44. The molecular formula is C20H31NO4. The molecule has 0 spiro atoms. The average Bonchev–Trinajstić information content (AvgIpc) is 2.63. The standard InChI is InChI=1S/C20H31NO4/c1-4-24-20(22)17-9-12-21(13-10-17)11-5-6-14-25-18-8-7-16(2)15-19(18)23-3/h7-8,15,17H,4-6,9-14H2,1-3H3. The van der Waals surface area contributed by atoms with Crippen LogP contribution in [0.2, 0.25) is 0 Å². The van der Waals surface area contributed by atoms with Crippen LogP contribution >= 0.6 is 0 Å². The van der Waals surface area contributed by atoms with Crippen molar-refractivity contribution in [2.45, 2.75) is 39.5 Å². The topological polar surface area (TPSA) is 48.0 Å². The molecular weight excluding hydrogens is 318 g/mol. The zero-order chi connectivity index (χ0) is 18.1. The molecule has 0 aliphatic carbocycles. The van der Waals surface area contributed by atoms with Crippen molar-refractivity contribution in [2.24, 2.45) is 5.92 Å². The van der Waals surface area contributed by atoms with Crippen LogP contribution in [0.25, 0.3) is 0 Å². The molecule has 0 saturated carbocycles. The van der Waals surface area contributed by atoms with Gasteiger partial charge in [0.15, 0.2) is 11.5 Å². The fourth-order valence-electron chi connectivity index (χ4n) is 3.17. The van der Waals surface area contributed by atoms with Crippen LogP contribution in [0.4, 0.5) is 0 Å². The van der Waals surface area contributed by atoms with Crippen molar-refractivity contribution < 1.29 is 19.0 Å². The number of hydrogen-bond acceptors (Lipinski definition) is 5. The molecule has 1 aliphatic rings. The van der Waals surface area contributed by atoms with Crippen molar-refractivity contribution in [3.8, 4) is 11.5 Å². The van der Waals surface area contributed by atoms with Gasteiger partial charge >= 0.3 is 5.97 Å². The van der Waals surface area contributed by atoms with E-state index in [0.717, 1.165) is 62.4 Å². The molecule has 1 aromatic rings. The quantitative estimate of drug-likeness (QED) is 0.505. The van der Waals surface area contributed by atoms with Crippen molar-refractivity contribution in [1.82, 2.24) is 4.90 Å². The number of nitrogens with zero attached hydrogens (tertiary/aromatic N) is 1. The Morgan fingerprint density at radius 1 is 1.20 bits per heavy atom. The van der Waals surface area contributed by atoms with E-state index in [1.54, 1.807) is 7.11 Å². The summed E-state index contributed by atoms with van der Waals surface area (Å²) in [6.45, 7) is 8.10. The maximum Gasteiger partial charge on any atom is 0.309 e. The highest BCUT2D eigenvalue weighted by Crippen LogP contribution is 2.28. The summed E-state index contributed by atoms with van der Waals surface area (Å²) in [6.07, 6.45) is 3.93. The van der Waals surface area contributed by atoms with Gasteiger partial charge in [-0.05, 0) is 76.9 Å². The Bertz CT molecular complexity index is 538. The van der Waals surface area contributed by atoms with Crippen molar-refractivity contribution in [1.29, 1.82) is 0 Å². The Morgan fingerprint density at radius 3 is 2.64 bits per heavy atom. The third kappa shape index (κ3) is 6.24. The lowest BCUT2D eigenvalue weighted by Crippen LogP contribution is -2.37. The third-order valence-corrected chi connectivity index (χ3v) is 4.65. The number of benzene rings is 1. The number of piperidine rings is 1. The fourth-order valence-corrected chi connectivity index (χ4v) is 3.17. The largest absolute Gasteiger partial charge is 0.493 e. The number of esters is 1. The van der Waals surface area contributed by atoms with Crippen LogP contribution < -0.4 is 9.47 Å². The van der Waals surface area contributed by atoms with Gasteiger partial charge < -0.3 is 19.1 Å². The van der Waals surface area contributed by atoms with Crippen LogP contribution in [0.5, 0.6) is 11.5 Å². The van der Waals surface area contributed by atoms with E-state index in [1.165, 1.54) is 0 Å². The molecule has 1 aliphatic heterocycles. The van der Waals surface area contributed by atoms with Gasteiger partial charge in [-0.3, -0.25) is 4.79 Å². The SMILES string of the molecule is CCOC(=O)C1CCN(CCCCOc2ccc(C)cc2OC)CC1. The smallest absolute Gasteiger partial charge is 0.309 e. The zero-order valence-corrected chi connectivity index (χ0v) is 15.8. The number of likely N-dealkylation sites (tertiary alicyclic amines) is 1. The van der Waals surface area contributed by atoms with Gasteiger partial charge in [-0.1, -0.05) is 6.07 Å². The molecule has 1 fully saturated rings. The molecule has 1 heterocycles. The number of rotatable bonds is 9. The Kier molecular flexibility index (Phi) is 8.06. The minimum absolute atomic E-state index is 0.0254. The van der Waals surface area contributed by atoms with E-state index in [0.29, 0.717) is 13.2 Å². The second kappa shape index (κ2) is 10.3. The predicted molar refractivity (Wildman–Crippen MR) is 98.3 cm³/mol. The molecule has 140 valence electrons. The highest BCUT2D eigenvalue weighted by molar-refractivity contribution is 5.72. The van der Waals surface area contributed by atoms with E-state index in [1.807, 2.05) is 32.0 Å². The Morgan fingerprint density at radius 2 is 1.96 bits per heavy atom. The van der Waals surface area contributed by atoms with Gasteiger partial charge in [0.25, 0.3) is 0 Å². The normalized spacial score (nSPS) is 15.8. The van der Waals surface area contributed by atoms with E-state index in [9.17, 15) is 4.79 Å². The van der Waals surface area contributed by atoms with E-state index in [2.05, 4.69) is 4.90 Å². The highest BCUT2D eigenvalue weighted by Gasteiger charge is 2.25. The van der Waals surface area contributed by atoms with Crippen LogP contribution in [0, 0.1) is 12.8 Å². The number of carbonyl (C=O) groups excluding carboxylic acids is 1. The third-order valence-electron chi connectivity index (χ3n) is 4.65. The minimum Gasteiger partial charge on any atom is -0.493 e. The van der Waals surface area contributed by atoms with Crippen LogP contribution in [0.1, 0.15) is 38.2 Å². The maximum absolute atomic E-state index is 11.7. The summed E-state index contributed by atoms with van der Waals surface area (Å²) >= 11 is 0. The first-order chi connectivity index (χ1) is 12.1. The Labute approximate surface area is 151 Å². The lowest BCUT2D eigenvalue weighted by atomic mass is 9.97. The summed E-state index contributed by atoms with van der Waals surface area (Å²) in [5.41, 5.74) is 1.16. The van der Waals surface area contributed by atoms with Gasteiger partial charge in [-0.2, -0.15) is 0 Å². The summed E-state index contributed by atoms with van der Waals surface area (Å²) in [6, 6.07) is 5.99. The minimum atomic E-state index is -0.0254. The fraction of sp³-hybridized carbons (Fsp3) is 0.650. The van der Waals surface area contributed by atoms with Crippen molar-refractivity contribution in [2.75, 3.05) is 40.0 Å². The molecule has 0 amide bonds. The second-order valence-corrected chi connectivity index (χ2v) is 6.58. The lowest BCUT2D eigenvalue weighted by molar-refractivity contribution is -0.149. The van der Waals surface area contributed by atoms with Crippen molar-refractivity contribution >= 4 is 5.97 Å². The Balaban J connectivity index is 1.60. The van der Waals surface area contributed by atoms with Gasteiger partial charge in [0.2, 0.25) is 0 Å². The molecule has 0 N–H and O–H groups in total. The lowest BCUT2D eigenvalue weighted by Gasteiger charge is -2.30. The molecule has 0 aromatic heterocycles. The van der Waals surface area contributed by atoms with Gasteiger partial charge in [0.1, 0.15) is 0 Å². The molecule has 5 nitrogen and oxygen atoms in total. The summed E-state index contributed by atoms with van der Waals surface area (Å²) < 4.78 is 16.3. The molecule has 1 aromatic carbocycles. The van der Waals surface area contributed by atoms with Gasteiger partial charge in [0, 0.05) is 0 Å². The Hall–Kier alpha value is -1.75. The summed E-state index contributed by atoms with van der Waals surface area (Å²) in [4.78, 5) is 14.2. The van der Waals surface area contributed by atoms with Gasteiger partial charge in [0.05, 0.1) is 26.2 Å². The first-order valence-corrected chi connectivity index (χ1v) is 9.30. The molecule has 25 heavy (non-hydrogen) atoms. The van der Waals surface area contributed by atoms with E-state index in [-0.39, 0.29) is 11.9 Å². The number of ether oxygens (including phenoxy) is 3. The van der Waals surface area contributed by atoms with E-state index < -0.39 is 0 Å². The van der Waals surface area contributed by atoms with E-state index >= 15 is 0 Å². The summed E-state index contributed by atoms with van der Waals surface area (Å²) in [5.74, 6) is 1.67. The number of unbranched alkanes of at least 4 members (excludes halogenated alkanes) is 1. The van der Waals surface area contributed by atoms with Crippen LogP contribution in [-0.4, -0.2) is 50.8 Å². The first-order valence-electron chi connectivity index (χ1n) is 9.30. The van der Waals surface area contributed by atoms with Crippen LogP contribution in [-0.2, 0) is 9.53 Å². The van der Waals surface area contributed by atoms with Crippen LogP contribution in [0.15, 0.2) is 18.2 Å². The van der Waals surface area contributed by atoms with E-state index in [4.69, 9.17) is 14.2 Å². The second-order valence-electron chi connectivity index (χ2n) is 6.58. The number of hydrogen-bond donors (Lipinski definition) is 0. The van der Waals surface area contributed by atoms with Crippen molar-refractivity contribution in [3.05, 3.63) is 23.8 Å². The number of methoxy groups -OCH3 is 1. The summed E-state index contributed by atoms with van der Waals surface area (Å²) in [7, 11) is 1.67. The molecule has 2 rings (SSSR count). The zero-order valence-electron chi connectivity index (χ0n) is 15.8. The highest BCUT2D eigenvalue weighted by atomic mass is 16.5. The van der Waals surface area contributed by atoms with Crippen molar-refractivity contribution in [3.63, 3.8) is 0 Å². The number of aryl methyl sites for hydroxylation is 1. The number of carbonyl (C=O) groups is 1. The van der Waals surface area contributed by atoms with Gasteiger partial charge in [-0.15, -0.1) is 0 Å². The summed E-state index contributed by atoms with van der Waals surface area (Å²) in [5, 5.41) is 0. The average molecular weight is 349 g/mol.